The summed E-state index contributed by atoms with van der Waals surface area (Å²) in [5, 5.41) is 18.8. The van der Waals surface area contributed by atoms with Gasteiger partial charge >= 0.3 is 0 Å². The van der Waals surface area contributed by atoms with Crippen LogP contribution in [-0.2, 0) is 0 Å². The van der Waals surface area contributed by atoms with Gasteiger partial charge in [-0.25, -0.2) is 22.6 Å². The van der Waals surface area contributed by atoms with Crippen molar-refractivity contribution in [2.45, 2.75) is 0 Å². The summed E-state index contributed by atoms with van der Waals surface area (Å²) >= 11 is 5.92. The standard InChI is InChI=1S/C19H9ClF4N6/c20-9-2-1-3-10(4-9)28-19-11(5-25)18(29-30-19)27-7-8-6-26-17-12(8)13(21)14(22)15(23)16(17)24/h1-4,6-7,26H,(H2,28,29,30). The lowest BCUT2D eigenvalue weighted by atomic mass is 10.1. The maximum absolute atomic E-state index is 14.1. The Hall–Kier alpha value is -3.84. The van der Waals surface area contributed by atoms with Crippen LogP contribution in [-0.4, -0.2) is 21.4 Å². The number of nitrogens with one attached hydrogen (secondary N) is 3. The molecule has 2 aromatic heterocycles. The van der Waals surface area contributed by atoms with E-state index in [-0.39, 0.29) is 22.8 Å². The highest BCUT2D eigenvalue weighted by molar-refractivity contribution is 6.30. The third-order valence-electron chi connectivity index (χ3n) is 4.21. The van der Waals surface area contributed by atoms with Crippen LogP contribution in [0.5, 0.6) is 0 Å². The van der Waals surface area contributed by atoms with Gasteiger partial charge in [0.25, 0.3) is 0 Å². The quantitative estimate of drug-likeness (QED) is 0.173. The molecule has 4 rings (SSSR count). The molecule has 0 fully saturated rings. The monoisotopic (exact) mass is 432 g/mol. The summed E-state index contributed by atoms with van der Waals surface area (Å²) in [6, 6.07) is 8.66. The minimum absolute atomic E-state index is 0.0370. The zero-order valence-electron chi connectivity index (χ0n) is 14.7. The summed E-state index contributed by atoms with van der Waals surface area (Å²) < 4.78 is 54.9. The summed E-state index contributed by atoms with van der Waals surface area (Å²) in [5.74, 6) is -6.77. The molecule has 0 radical (unpaired) electrons. The van der Waals surface area contributed by atoms with Gasteiger partial charge in [-0.15, -0.1) is 0 Å². The van der Waals surface area contributed by atoms with E-state index in [1.54, 1.807) is 24.3 Å². The molecule has 0 bridgehead atoms. The molecule has 0 aliphatic heterocycles. The first kappa shape index (κ1) is 19.5. The van der Waals surface area contributed by atoms with E-state index in [1.807, 2.05) is 6.07 Å². The van der Waals surface area contributed by atoms with Crippen LogP contribution in [0.1, 0.15) is 11.1 Å². The van der Waals surface area contributed by atoms with Crippen molar-refractivity contribution in [3.05, 3.63) is 69.9 Å². The largest absolute Gasteiger partial charge is 0.358 e. The fourth-order valence-electron chi connectivity index (χ4n) is 2.83. The molecule has 3 N–H and O–H groups in total. The average molecular weight is 433 g/mol. The van der Waals surface area contributed by atoms with Crippen molar-refractivity contribution in [1.82, 2.24) is 15.2 Å². The van der Waals surface area contributed by atoms with E-state index in [1.165, 1.54) is 0 Å². The summed E-state index contributed by atoms with van der Waals surface area (Å²) in [7, 11) is 0. The Balaban J connectivity index is 1.70. The van der Waals surface area contributed by atoms with Crippen molar-refractivity contribution < 1.29 is 17.6 Å². The molecule has 6 nitrogen and oxygen atoms in total. The molecule has 0 unspecified atom stereocenters. The molecule has 150 valence electrons. The van der Waals surface area contributed by atoms with Crippen molar-refractivity contribution in [1.29, 1.82) is 5.26 Å². The molecule has 0 spiro atoms. The number of halogens is 5. The molecule has 4 aromatic rings. The Morgan fingerprint density at radius 2 is 1.90 bits per heavy atom. The van der Waals surface area contributed by atoms with Gasteiger partial charge < -0.3 is 10.3 Å². The van der Waals surface area contributed by atoms with Crippen LogP contribution >= 0.6 is 11.6 Å². The molecular formula is C19H9ClF4N6. The highest BCUT2D eigenvalue weighted by Crippen LogP contribution is 2.30. The molecule has 0 aliphatic rings. The van der Waals surface area contributed by atoms with E-state index in [2.05, 4.69) is 25.5 Å². The molecule has 0 aliphatic carbocycles. The number of anilines is 2. The maximum atomic E-state index is 14.1. The van der Waals surface area contributed by atoms with Crippen LogP contribution in [0.3, 0.4) is 0 Å². The Morgan fingerprint density at radius 3 is 2.63 bits per heavy atom. The first-order valence-electron chi connectivity index (χ1n) is 8.28. The number of benzene rings is 2. The number of hydrogen-bond acceptors (Lipinski definition) is 4. The van der Waals surface area contributed by atoms with E-state index >= 15 is 0 Å². The number of hydrogen-bond donors (Lipinski definition) is 3. The molecule has 30 heavy (non-hydrogen) atoms. The lowest BCUT2D eigenvalue weighted by Crippen LogP contribution is -1.98. The highest BCUT2D eigenvalue weighted by Gasteiger charge is 2.23. The van der Waals surface area contributed by atoms with Gasteiger partial charge in [0, 0.05) is 28.7 Å². The van der Waals surface area contributed by atoms with E-state index in [0.717, 1.165) is 12.4 Å². The van der Waals surface area contributed by atoms with Crippen LogP contribution in [0, 0.1) is 34.6 Å². The normalized spacial score (nSPS) is 11.3. The Morgan fingerprint density at radius 1 is 1.13 bits per heavy atom. The van der Waals surface area contributed by atoms with Gasteiger partial charge in [-0.05, 0) is 18.2 Å². The van der Waals surface area contributed by atoms with Gasteiger partial charge in [-0.1, -0.05) is 17.7 Å². The molecule has 0 amide bonds. The molecular weight excluding hydrogens is 424 g/mol. The van der Waals surface area contributed by atoms with Gasteiger partial charge in [0.2, 0.25) is 0 Å². The number of aromatic nitrogens is 3. The lowest BCUT2D eigenvalue weighted by Gasteiger charge is -2.03. The van der Waals surface area contributed by atoms with Crippen molar-refractivity contribution in [2.75, 3.05) is 5.32 Å². The maximum Gasteiger partial charge on any atom is 0.199 e. The number of aromatic amines is 2. The van der Waals surface area contributed by atoms with Gasteiger partial charge in [-0.3, -0.25) is 5.10 Å². The Kier molecular flexibility index (Phi) is 4.89. The summed E-state index contributed by atoms with van der Waals surface area (Å²) in [4.78, 5) is 6.33. The second kappa shape index (κ2) is 7.53. The fraction of sp³-hybridized carbons (Fsp3) is 0. The third kappa shape index (κ3) is 3.25. The lowest BCUT2D eigenvalue weighted by molar-refractivity contribution is 0.417. The third-order valence-corrected chi connectivity index (χ3v) is 4.44. The Bertz CT molecular complexity index is 1350. The van der Waals surface area contributed by atoms with Crippen molar-refractivity contribution >= 4 is 46.0 Å². The second-order valence-electron chi connectivity index (χ2n) is 6.05. The highest BCUT2D eigenvalue weighted by atomic mass is 35.5. The molecule has 11 heteroatoms. The topological polar surface area (TPSA) is 92.7 Å². The van der Waals surface area contributed by atoms with Gasteiger partial charge in [0.1, 0.15) is 17.5 Å². The number of aliphatic imine (C=N–C) groups is 1. The van der Waals surface area contributed by atoms with Crippen LogP contribution in [0.25, 0.3) is 10.9 Å². The van der Waals surface area contributed by atoms with Gasteiger partial charge in [0.15, 0.2) is 29.1 Å². The fourth-order valence-corrected chi connectivity index (χ4v) is 3.02. The smallest absolute Gasteiger partial charge is 0.199 e. The number of nitriles is 1. The zero-order chi connectivity index (χ0) is 21.4. The molecule has 2 heterocycles. The first-order chi connectivity index (χ1) is 14.4. The number of H-pyrrole nitrogens is 2. The number of nitrogens with zero attached hydrogens (tertiary/aromatic N) is 3. The molecule has 2 aromatic carbocycles. The predicted molar refractivity (Wildman–Crippen MR) is 103 cm³/mol. The summed E-state index contributed by atoms with van der Waals surface area (Å²) in [5.41, 5.74) is 0.0232. The minimum Gasteiger partial charge on any atom is -0.358 e. The van der Waals surface area contributed by atoms with Crippen LogP contribution in [0.2, 0.25) is 5.02 Å². The SMILES string of the molecule is N#Cc1c(N=Cc2c[nH]c3c(F)c(F)c(F)c(F)c23)n[nH]c1Nc1cccc(Cl)c1. The molecule has 0 atom stereocenters. The van der Waals surface area contributed by atoms with Crippen LogP contribution in [0.4, 0.5) is 34.9 Å². The van der Waals surface area contributed by atoms with E-state index in [4.69, 9.17) is 11.6 Å². The van der Waals surface area contributed by atoms with Crippen molar-refractivity contribution in [2.24, 2.45) is 4.99 Å². The van der Waals surface area contributed by atoms with Gasteiger partial charge in [0.05, 0.1) is 10.9 Å². The average Bonchev–Trinajstić information content (AvgIpc) is 3.33. The van der Waals surface area contributed by atoms with Crippen LogP contribution in [0.15, 0.2) is 35.5 Å². The van der Waals surface area contributed by atoms with E-state index in [9.17, 15) is 22.8 Å². The Labute approximate surface area is 170 Å². The second-order valence-corrected chi connectivity index (χ2v) is 6.49. The van der Waals surface area contributed by atoms with Gasteiger partial charge in [-0.2, -0.15) is 10.4 Å². The van der Waals surface area contributed by atoms with E-state index in [0.29, 0.717) is 10.7 Å². The first-order valence-corrected chi connectivity index (χ1v) is 8.66. The number of rotatable bonds is 4. The van der Waals surface area contributed by atoms with Crippen molar-refractivity contribution in [3.63, 3.8) is 0 Å². The number of fused-ring (bicyclic) bond motifs is 1. The molecule has 0 saturated heterocycles. The summed E-state index contributed by atoms with van der Waals surface area (Å²) in [6.07, 6.45) is 2.18. The predicted octanol–water partition coefficient (Wildman–Crippen LogP) is 5.47. The minimum atomic E-state index is -1.93. The molecule has 0 saturated carbocycles. The summed E-state index contributed by atoms with van der Waals surface area (Å²) in [6.45, 7) is 0. The zero-order valence-corrected chi connectivity index (χ0v) is 15.5. The van der Waals surface area contributed by atoms with Crippen LogP contribution < -0.4 is 5.32 Å². The van der Waals surface area contributed by atoms with E-state index < -0.39 is 34.2 Å². The van der Waals surface area contributed by atoms with Crippen molar-refractivity contribution in [3.8, 4) is 6.07 Å².